The Labute approximate surface area is 155 Å². The zero-order chi connectivity index (χ0) is 20.2. The Morgan fingerprint density at radius 1 is 1.30 bits per heavy atom. The van der Waals surface area contributed by atoms with E-state index in [4.69, 9.17) is 9.47 Å². The third-order valence-corrected chi connectivity index (χ3v) is 4.45. The summed E-state index contributed by atoms with van der Waals surface area (Å²) in [5.74, 6) is -0.747. The van der Waals surface area contributed by atoms with Gasteiger partial charge in [-0.05, 0) is 25.1 Å². The predicted octanol–water partition coefficient (Wildman–Crippen LogP) is 4.26. The van der Waals surface area contributed by atoms with E-state index in [-0.39, 0.29) is 35.2 Å². The van der Waals surface area contributed by atoms with Crippen LogP contribution < -0.4 is 10.1 Å². The number of carbonyl (C=O) groups excluding carboxylic acids is 1. The predicted molar refractivity (Wildman–Crippen MR) is 92.5 cm³/mol. The van der Waals surface area contributed by atoms with Crippen molar-refractivity contribution in [2.75, 3.05) is 25.6 Å². The summed E-state index contributed by atoms with van der Waals surface area (Å²) < 4.78 is 49.0. The van der Waals surface area contributed by atoms with Crippen LogP contribution in [0.2, 0.25) is 0 Å². The van der Waals surface area contributed by atoms with Gasteiger partial charge in [0.25, 0.3) is 11.6 Å². The highest BCUT2D eigenvalue weighted by atomic mass is 32.1. The number of alkyl halides is 3. The van der Waals surface area contributed by atoms with Crippen molar-refractivity contribution in [3.05, 3.63) is 49.7 Å². The fraction of sp³-hybridized carbons (Fsp3) is 0.312. The summed E-state index contributed by atoms with van der Waals surface area (Å²) in [5, 5.41) is 13.2. The maximum absolute atomic E-state index is 13.0. The number of nitrogens with one attached hydrogen (secondary N) is 1. The fourth-order valence-electron chi connectivity index (χ4n) is 2.11. The molecule has 27 heavy (non-hydrogen) atoms. The van der Waals surface area contributed by atoms with Gasteiger partial charge in [0.05, 0.1) is 32.5 Å². The number of aryl methyl sites for hydroxylation is 1. The van der Waals surface area contributed by atoms with E-state index in [1.807, 2.05) is 0 Å². The van der Waals surface area contributed by atoms with Gasteiger partial charge in [0.2, 0.25) is 0 Å². The minimum Gasteiger partial charge on any atom is -0.489 e. The molecule has 146 valence electrons. The van der Waals surface area contributed by atoms with Crippen molar-refractivity contribution in [1.29, 1.82) is 0 Å². The molecule has 0 saturated carbocycles. The largest absolute Gasteiger partial charge is 0.489 e. The van der Waals surface area contributed by atoms with Crippen molar-refractivity contribution in [1.82, 2.24) is 0 Å². The first-order valence-corrected chi connectivity index (χ1v) is 8.34. The minimum atomic E-state index is -4.61. The van der Waals surface area contributed by atoms with E-state index in [2.05, 4.69) is 5.32 Å². The molecule has 2 aromatic rings. The van der Waals surface area contributed by atoms with Crippen molar-refractivity contribution in [2.24, 2.45) is 0 Å². The van der Waals surface area contributed by atoms with Gasteiger partial charge in [0.15, 0.2) is 0 Å². The van der Waals surface area contributed by atoms with Crippen LogP contribution in [0.15, 0.2) is 24.3 Å². The van der Waals surface area contributed by atoms with Crippen LogP contribution in [0.5, 0.6) is 5.75 Å². The third-order valence-electron chi connectivity index (χ3n) is 3.41. The second-order valence-electron chi connectivity index (χ2n) is 5.31. The average molecular weight is 404 g/mol. The van der Waals surface area contributed by atoms with Gasteiger partial charge in [-0.2, -0.15) is 13.2 Å². The highest BCUT2D eigenvalue weighted by Gasteiger charge is 2.31. The number of rotatable bonds is 7. The van der Waals surface area contributed by atoms with Gasteiger partial charge in [-0.15, -0.1) is 11.3 Å². The Bertz CT molecular complexity index is 851. The molecule has 2 rings (SSSR count). The van der Waals surface area contributed by atoms with Crippen LogP contribution in [0, 0.1) is 17.0 Å². The molecule has 0 fully saturated rings. The van der Waals surface area contributed by atoms with Crippen LogP contribution >= 0.6 is 11.3 Å². The summed E-state index contributed by atoms with van der Waals surface area (Å²) in [7, 11) is 1.44. The molecule has 0 aliphatic carbocycles. The van der Waals surface area contributed by atoms with E-state index in [1.54, 1.807) is 0 Å². The molecule has 11 heteroatoms. The van der Waals surface area contributed by atoms with E-state index in [0.29, 0.717) is 4.88 Å². The van der Waals surface area contributed by atoms with E-state index in [0.717, 1.165) is 35.6 Å². The lowest BCUT2D eigenvalue weighted by atomic mass is 10.1. The average Bonchev–Trinajstić information content (AvgIpc) is 2.97. The molecule has 0 spiro atoms. The third kappa shape index (κ3) is 5.17. The van der Waals surface area contributed by atoms with E-state index in [1.165, 1.54) is 14.0 Å². The zero-order valence-corrected chi connectivity index (χ0v) is 15.1. The number of hydrogen-bond acceptors (Lipinski definition) is 6. The summed E-state index contributed by atoms with van der Waals surface area (Å²) in [4.78, 5) is 22.9. The summed E-state index contributed by atoms with van der Waals surface area (Å²) in [6.45, 7) is 1.74. The molecule has 7 nitrogen and oxygen atoms in total. The van der Waals surface area contributed by atoms with Crippen LogP contribution in [0.3, 0.4) is 0 Å². The number of thiophene rings is 1. The second kappa shape index (κ2) is 8.35. The van der Waals surface area contributed by atoms with Crippen LogP contribution in [0.1, 0.15) is 20.1 Å². The Balaban J connectivity index is 2.32. The molecule has 1 amide bonds. The monoisotopic (exact) mass is 404 g/mol. The highest BCUT2D eigenvalue weighted by Crippen LogP contribution is 2.36. The molecule has 0 bridgehead atoms. The Hall–Kier alpha value is -2.66. The molecule has 1 aromatic heterocycles. The molecule has 1 heterocycles. The normalized spacial score (nSPS) is 11.3. The lowest BCUT2D eigenvalue weighted by molar-refractivity contribution is -0.385. The van der Waals surface area contributed by atoms with E-state index < -0.39 is 22.6 Å². The molecular formula is C16H15F3N2O5S. The molecule has 0 unspecified atom stereocenters. The van der Waals surface area contributed by atoms with Crippen LogP contribution in [-0.4, -0.2) is 31.2 Å². The summed E-state index contributed by atoms with van der Waals surface area (Å²) >= 11 is 0.870. The van der Waals surface area contributed by atoms with Crippen LogP contribution in [0.25, 0.3) is 0 Å². The highest BCUT2D eigenvalue weighted by molar-refractivity contribution is 7.14. The number of nitrogens with zero attached hydrogens (tertiary/aromatic N) is 1. The minimum absolute atomic E-state index is 0.000506. The van der Waals surface area contributed by atoms with Gasteiger partial charge in [0.1, 0.15) is 12.4 Å². The number of ether oxygens (including phenoxy) is 2. The van der Waals surface area contributed by atoms with E-state index in [9.17, 15) is 28.1 Å². The first kappa shape index (κ1) is 20.6. The van der Waals surface area contributed by atoms with Crippen molar-refractivity contribution < 1.29 is 32.4 Å². The fourth-order valence-corrected chi connectivity index (χ4v) is 3.00. The lowest BCUT2D eigenvalue weighted by Crippen LogP contribution is -2.14. The number of benzene rings is 1. The number of anilines is 1. The first-order valence-electron chi connectivity index (χ1n) is 7.52. The summed E-state index contributed by atoms with van der Waals surface area (Å²) in [5.41, 5.74) is -1.39. The lowest BCUT2D eigenvalue weighted by Gasteiger charge is -2.15. The standard InChI is InChI=1S/C16H15F3N2O5S/c1-9-12(21(23)24)8-14(27-9)15(22)20-11-7-10(16(17,18)19)3-4-13(11)26-6-5-25-2/h3-4,7-8H,5-6H2,1-2H3,(H,20,22). The van der Waals surface area contributed by atoms with Crippen LogP contribution in [-0.2, 0) is 10.9 Å². The summed E-state index contributed by atoms with van der Waals surface area (Å²) in [6, 6.07) is 3.75. The first-order chi connectivity index (χ1) is 12.6. The number of hydrogen-bond donors (Lipinski definition) is 1. The molecule has 0 aliphatic rings. The molecule has 1 aromatic carbocycles. The van der Waals surface area contributed by atoms with Gasteiger partial charge in [-0.25, -0.2) is 0 Å². The van der Waals surface area contributed by atoms with Crippen molar-refractivity contribution in [2.45, 2.75) is 13.1 Å². The van der Waals surface area contributed by atoms with Crippen molar-refractivity contribution in [3.63, 3.8) is 0 Å². The Kier molecular flexibility index (Phi) is 6.39. The number of halogens is 3. The topological polar surface area (TPSA) is 90.7 Å². The molecule has 1 N–H and O–H groups in total. The number of amides is 1. The second-order valence-corrected chi connectivity index (χ2v) is 6.57. The summed E-state index contributed by atoms with van der Waals surface area (Å²) in [6.07, 6.45) is -4.61. The van der Waals surface area contributed by atoms with Crippen LogP contribution in [0.4, 0.5) is 24.5 Å². The van der Waals surface area contributed by atoms with E-state index >= 15 is 0 Å². The maximum Gasteiger partial charge on any atom is 0.416 e. The van der Waals surface area contributed by atoms with Gasteiger partial charge in [-0.3, -0.25) is 14.9 Å². The molecule has 0 aliphatic heterocycles. The molecular weight excluding hydrogens is 389 g/mol. The molecule has 0 saturated heterocycles. The SMILES string of the molecule is COCCOc1ccc(C(F)(F)F)cc1NC(=O)c1cc([N+](=O)[O-])c(C)s1. The number of carbonyl (C=O) groups is 1. The van der Waals surface area contributed by atoms with Crippen molar-refractivity contribution >= 4 is 28.6 Å². The number of nitro groups is 1. The maximum atomic E-state index is 13.0. The Morgan fingerprint density at radius 2 is 2.00 bits per heavy atom. The zero-order valence-electron chi connectivity index (χ0n) is 14.3. The molecule has 0 radical (unpaired) electrons. The number of methoxy groups -OCH3 is 1. The van der Waals surface area contributed by atoms with Gasteiger partial charge in [0, 0.05) is 13.2 Å². The Morgan fingerprint density at radius 3 is 2.56 bits per heavy atom. The van der Waals surface area contributed by atoms with Gasteiger partial charge >= 0.3 is 6.18 Å². The smallest absolute Gasteiger partial charge is 0.416 e. The van der Waals surface area contributed by atoms with Crippen molar-refractivity contribution in [3.8, 4) is 5.75 Å². The van der Waals surface area contributed by atoms with Gasteiger partial charge in [-0.1, -0.05) is 0 Å². The van der Waals surface area contributed by atoms with Gasteiger partial charge < -0.3 is 14.8 Å². The molecule has 0 atom stereocenters. The quantitative estimate of drug-likeness (QED) is 0.423.